The summed E-state index contributed by atoms with van der Waals surface area (Å²) >= 11 is 5.76. The largest absolute Gasteiger partial charge is 0.491 e. The second-order valence-corrected chi connectivity index (χ2v) is 9.05. The highest BCUT2D eigenvalue weighted by Crippen LogP contribution is 2.43. The third-order valence-corrected chi connectivity index (χ3v) is 6.16. The van der Waals surface area contributed by atoms with Crippen LogP contribution in [0.15, 0.2) is 89.5 Å². The normalized spacial score (nSPS) is 17.3. The Morgan fingerprint density at radius 3 is 2.58 bits per heavy atom. The molecule has 2 atom stereocenters. The van der Waals surface area contributed by atoms with Crippen LogP contribution in [0.2, 0.25) is 0 Å². The minimum atomic E-state index is -0.418. The van der Waals surface area contributed by atoms with Gasteiger partial charge in [0.25, 0.3) is 5.69 Å². The van der Waals surface area contributed by atoms with Crippen LogP contribution >= 0.6 is 12.2 Å². The zero-order chi connectivity index (χ0) is 25.2. The second kappa shape index (κ2) is 9.79. The summed E-state index contributed by atoms with van der Waals surface area (Å²) in [6.45, 7) is 3.97. The summed E-state index contributed by atoms with van der Waals surface area (Å²) in [6.07, 6.45) is 1.82. The minimum absolute atomic E-state index is 0.00542. The zero-order valence-electron chi connectivity index (χ0n) is 19.7. The van der Waals surface area contributed by atoms with E-state index in [-0.39, 0.29) is 23.9 Å². The number of nitro benzene ring substituents is 1. The lowest BCUT2D eigenvalue weighted by molar-refractivity contribution is -0.384. The minimum Gasteiger partial charge on any atom is -0.491 e. The Bertz CT molecular complexity index is 1390. The maximum atomic E-state index is 11.2. The first-order valence-electron chi connectivity index (χ1n) is 11.5. The fraction of sp³-hybridized carbons (Fsp3) is 0.185. The van der Waals surface area contributed by atoms with Crippen molar-refractivity contribution in [3.63, 3.8) is 0 Å². The molecule has 0 radical (unpaired) electrons. The fourth-order valence-corrected chi connectivity index (χ4v) is 4.66. The van der Waals surface area contributed by atoms with Gasteiger partial charge in [-0.3, -0.25) is 15.1 Å². The molecule has 9 heteroatoms. The van der Waals surface area contributed by atoms with Crippen molar-refractivity contribution >= 4 is 28.7 Å². The van der Waals surface area contributed by atoms with E-state index in [1.54, 1.807) is 18.3 Å². The number of hydrogen-bond donors (Lipinski definition) is 1. The SMILES string of the molecule is CC(C)Oc1ccc(N2C(=S)N[C@H](c3ccccn3)[C@@H]2c2ccc(-c3cccc([N+](=O)[O-])c3)o2)cc1. The third-order valence-electron chi connectivity index (χ3n) is 5.84. The molecule has 3 heterocycles. The lowest BCUT2D eigenvalue weighted by atomic mass is 10.0. The summed E-state index contributed by atoms with van der Waals surface area (Å²) in [5, 5.41) is 15.2. The number of nitrogens with zero attached hydrogens (tertiary/aromatic N) is 3. The lowest BCUT2D eigenvalue weighted by Gasteiger charge is -2.26. The summed E-state index contributed by atoms with van der Waals surface area (Å²) in [4.78, 5) is 17.4. The smallest absolute Gasteiger partial charge is 0.270 e. The average Bonchev–Trinajstić information content (AvgIpc) is 3.49. The third kappa shape index (κ3) is 4.65. The maximum absolute atomic E-state index is 11.2. The van der Waals surface area contributed by atoms with Gasteiger partial charge in [0.05, 0.1) is 22.8 Å². The van der Waals surface area contributed by atoms with Crippen molar-refractivity contribution in [3.05, 3.63) is 107 Å². The van der Waals surface area contributed by atoms with Gasteiger partial charge < -0.3 is 19.4 Å². The highest BCUT2D eigenvalue weighted by molar-refractivity contribution is 7.80. The zero-order valence-corrected chi connectivity index (χ0v) is 20.5. The molecule has 2 aromatic heterocycles. The highest BCUT2D eigenvalue weighted by atomic mass is 32.1. The number of nitrogens with one attached hydrogen (secondary N) is 1. The number of benzene rings is 2. The molecule has 4 aromatic rings. The average molecular weight is 501 g/mol. The summed E-state index contributed by atoms with van der Waals surface area (Å²) < 4.78 is 12.1. The molecule has 182 valence electrons. The van der Waals surface area contributed by atoms with E-state index in [9.17, 15) is 10.1 Å². The van der Waals surface area contributed by atoms with Gasteiger partial charge in [-0.1, -0.05) is 18.2 Å². The number of hydrogen-bond acceptors (Lipinski definition) is 6. The van der Waals surface area contributed by atoms with Crippen LogP contribution < -0.4 is 15.0 Å². The van der Waals surface area contributed by atoms with Crippen LogP contribution in [0.4, 0.5) is 11.4 Å². The Morgan fingerprint density at radius 1 is 1.08 bits per heavy atom. The molecular weight excluding hydrogens is 476 g/mol. The molecule has 8 nitrogen and oxygen atoms in total. The van der Waals surface area contributed by atoms with Crippen molar-refractivity contribution < 1.29 is 14.1 Å². The predicted octanol–water partition coefficient (Wildman–Crippen LogP) is 6.21. The maximum Gasteiger partial charge on any atom is 0.270 e. The van der Waals surface area contributed by atoms with E-state index in [4.69, 9.17) is 21.4 Å². The van der Waals surface area contributed by atoms with Gasteiger partial charge in [0.15, 0.2) is 5.11 Å². The Morgan fingerprint density at radius 2 is 1.89 bits per heavy atom. The van der Waals surface area contributed by atoms with E-state index in [2.05, 4.69) is 10.3 Å². The van der Waals surface area contributed by atoms with Crippen LogP contribution in [0.25, 0.3) is 11.3 Å². The molecule has 0 saturated carbocycles. The van der Waals surface area contributed by atoms with Gasteiger partial charge in [0.1, 0.15) is 23.3 Å². The number of pyridine rings is 1. The molecule has 0 aliphatic carbocycles. The molecule has 1 saturated heterocycles. The van der Waals surface area contributed by atoms with Gasteiger partial charge in [0, 0.05) is 29.6 Å². The Balaban J connectivity index is 1.55. The van der Waals surface area contributed by atoms with Gasteiger partial charge in [-0.05, 0) is 74.6 Å². The van der Waals surface area contributed by atoms with Gasteiger partial charge in [-0.15, -0.1) is 0 Å². The van der Waals surface area contributed by atoms with Crippen LogP contribution in [0.1, 0.15) is 37.4 Å². The topological polar surface area (TPSA) is 93.7 Å². The Hall–Kier alpha value is -4.24. The molecule has 1 aliphatic rings. The molecule has 1 fully saturated rings. The number of rotatable bonds is 7. The van der Waals surface area contributed by atoms with Crippen LogP contribution in [-0.4, -0.2) is 21.1 Å². The van der Waals surface area contributed by atoms with Crippen LogP contribution in [0, 0.1) is 10.1 Å². The van der Waals surface area contributed by atoms with E-state index in [1.807, 2.05) is 73.3 Å². The monoisotopic (exact) mass is 500 g/mol. The van der Waals surface area contributed by atoms with Crippen molar-refractivity contribution in [2.45, 2.75) is 32.0 Å². The Kier molecular flexibility index (Phi) is 6.39. The predicted molar refractivity (Wildman–Crippen MR) is 141 cm³/mol. The summed E-state index contributed by atoms with van der Waals surface area (Å²) in [7, 11) is 0. The molecule has 5 rings (SSSR count). The first-order chi connectivity index (χ1) is 17.4. The molecule has 1 aliphatic heterocycles. The first kappa shape index (κ1) is 23.5. The standard InChI is InChI=1S/C27H24N4O4S/c1-17(2)34-21-11-9-19(10-12-21)30-26(25(29-27(30)36)22-8-3-4-15-28-22)24-14-13-23(35-24)18-6-5-7-20(16-18)31(32)33/h3-17,25-26H,1-2H3,(H,29,36)/t25-,26+/m1/s1. The molecule has 1 N–H and O–H groups in total. The highest BCUT2D eigenvalue weighted by Gasteiger charge is 2.42. The molecule has 0 bridgehead atoms. The van der Waals surface area contributed by atoms with Gasteiger partial charge in [0.2, 0.25) is 0 Å². The van der Waals surface area contributed by atoms with Crippen molar-refractivity contribution in [3.8, 4) is 17.1 Å². The van der Waals surface area contributed by atoms with Crippen LogP contribution in [0.3, 0.4) is 0 Å². The number of anilines is 1. The molecule has 0 spiro atoms. The van der Waals surface area contributed by atoms with Crippen molar-refractivity contribution in [2.75, 3.05) is 4.90 Å². The van der Waals surface area contributed by atoms with Gasteiger partial charge in [-0.2, -0.15) is 0 Å². The number of aromatic nitrogens is 1. The Labute approximate surface area is 213 Å². The van der Waals surface area contributed by atoms with Crippen molar-refractivity contribution in [1.29, 1.82) is 0 Å². The molecule has 36 heavy (non-hydrogen) atoms. The van der Waals surface area contributed by atoms with Crippen LogP contribution in [0.5, 0.6) is 5.75 Å². The van der Waals surface area contributed by atoms with E-state index in [0.29, 0.717) is 22.2 Å². The molecule has 0 amide bonds. The van der Waals surface area contributed by atoms with E-state index in [0.717, 1.165) is 17.1 Å². The number of furan rings is 1. The summed E-state index contributed by atoms with van der Waals surface area (Å²) in [5.41, 5.74) is 2.33. The molecular formula is C27H24N4O4S. The summed E-state index contributed by atoms with van der Waals surface area (Å²) in [5.74, 6) is 1.96. The number of non-ortho nitro benzene ring substituents is 1. The first-order valence-corrected chi connectivity index (χ1v) is 11.9. The van der Waals surface area contributed by atoms with E-state index < -0.39 is 4.92 Å². The molecule has 2 aromatic carbocycles. The van der Waals surface area contributed by atoms with E-state index >= 15 is 0 Å². The van der Waals surface area contributed by atoms with Crippen molar-refractivity contribution in [2.24, 2.45) is 0 Å². The number of nitro groups is 1. The van der Waals surface area contributed by atoms with Gasteiger partial charge in [-0.25, -0.2) is 0 Å². The second-order valence-electron chi connectivity index (χ2n) is 8.67. The quantitative estimate of drug-likeness (QED) is 0.182. The van der Waals surface area contributed by atoms with Crippen molar-refractivity contribution in [1.82, 2.24) is 10.3 Å². The number of ether oxygens (including phenoxy) is 1. The van der Waals surface area contributed by atoms with Gasteiger partial charge >= 0.3 is 0 Å². The molecule has 0 unspecified atom stereocenters. The lowest BCUT2D eigenvalue weighted by Crippen LogP contribution is -2.29. The summed E-state index contributed by atoms with van der Waals surface area (Å²) in [6, 6.07) is 23.0. The number of thiocarbonyl (C=S) groups is 1. The van der Waals surface area contributed by atoms with E-state index in [1.165, 1.54) is 12.1 Å². The van der Waals surface area contributed by atoms with Crippen LogP contribution in [-0.2, 0) is 0 Å². The fourth-order valence-electron chi connectivity index (χ4n) is 4.32.